The zero-order chi connectivity index (χ0) is 9.90. The second-order valence-corrected chi connectivity index (χ2v) is 4.71. The van der Waals surface area contributed by atoms with Crippen molar-refractivity contribution in [1.29, 1.82) is 0 Å². The fraction of sp³-hybridized carbons (Fsp3) is 0.250. The largest absolute Gasteiger partial charge is 0.508 e. The van der Waals surface area contributed by atoms with Crippen LogP contribution in [0.2, 0.25) is 0 Å². The number of sulfone groups is 1. The number of rotatable bonds is 3. The Morgan fingerprint density at radius 2 is 2.08 bits per heavy atom. The topological polar surface area (TPSA) is 80.4 Å². The van der Waals surface area contributed by atoms with Crippen molar-refractivity contribution >= 4 is 9.84 Å². The molecule has 0 amide bonds. The lowest BCUT2D eigenvalue weighted by Crippen LogP contribution is -2.15. The molecule has 3 N–H and O–H groups in total. The Morgan fingerprint density at radius 3 is 2.62 bits per heavy atom. The summed E-state index contributed by atoms with van der Waals surface area (Å²) in [5.41, 5.74) is 5.15. The first-order chi connectivity index (χ1) is 6.06. The van der Waals surface area contributed by atoms with Crippen molar-refractivity contribution in [3.05, 3.63) is 24.3 Å². The summed E-state index contributed by atoms with van der Waals surface area (Å²) in [6, 6.07) is 5.55. The van der Waals surface area contributed by atoms with Crippen LogP contribution in [0.3, 0.4) is 0 Å². The summed E-state index contributed by atoms with van der Waals surface area (Å²) >= 11 is 0. The van der Waals surface area contributed by atoms with Crippen LogP contribution in [0.15, 0.2) is 29.2 Å². The third-order valence-corrected chi connectivity index (χ3v) is 3.31. The number of hydrogen-bond acceptors (Lipinski definition) is 4. The molecule has 0 aliphatic heterocycles. The van der Waals surface area contributed by atoms with Crippen LogP contribution < -0.4 is 5.73 Å². The minimum atomic E-state index is -3.32. The molecular formula is C8H11NO3S. The first-order valence-electron chi connectivity index (χ1n) is 3.78. The molecule has 0 aliphatic rings. The summed E-state index contributed by atoms with van der Waals surface area (Å²) in [7, 11) is -3.32. The zero-order valence-corrected chi connectivity index (χ0v) is 7.79. The van der Waals surface area contributed by atoms with Gasteiger partial charge in [-0.05, 0) is 18.2 Å². The Hall–Kier alpha value is -1.07. The van der Waals surface area contributed by atoms with Gasteiger partial charge in [-0.1, -0.05) is 6.07 Å². The van der Waals surface area contributed by atoms with Gasteiger partial charge in [0.2, 0.25) is 0 Å². The maximum absolute atomic E-state index is 11.4. The summed E-state index contributed by atoms with van der Waals surface area (Å²) in [5, 5.41) is 9.05. The maximum atomic E-state index is 11.4. The zero-order valence-electron chi connectivity index (χ0n) is 6.97. The second kappa shape index (κ2) is 3.76. The summed E-state index contributed by atoms with van der Waals surface area (Å²) in [5.74, 6) is -0.158. The molecule has 0 saturated heterocycles. The minimum Gasteiger partial charge on any atom is -0.508 e. The van der Waals surface area contributed by atoms with Crippen LogP contribution in [0, 0.1) is 0 Å². The van der Waals surface area contributed by atoms with E-state index in [0.717, 1.165) is 0 Å². The molecule has 1 rings (SSSR count). The van der Waals surface area contributed by atoms with E-state index in [-0.39, 0.29) is 22.9 Å². The average molecular weight is 201 g/mol. The lowest BCUT2D eigenvalue weighted by atomic mass is 10.3. The van der Waals surface area contributed by atoms with E-state index in [0.29, 0.717) is 0 Å². The van der Waals surface area contributed by atoms with Crippen LogP contribution in [0.4, 0.5) is 0 Å². The first-order valence-corrected chi connectivity index (χ1v) is 5.43. The molecule has 0 unspecified atom stereocenters. The summed E-state index contributed by atoms with van der Waals surface area (Å²) in [6.07, 6.45) is 0. The SMILES string of the molecule is NCCS(=O)(=O)c1cccc(O)c1. The van der Waals surface area contributed by atoms with Gasteiger partial charge in [-0.25, -0.2) is 8.42 Å². The monoisotopic (exact) mass is 201 g/mol. The molecule has 4 nitrogen and oxygen atoms in total. The van der Waals surface area contributed by atoms with Gasteiger partial charge in [-0.15, -0.1) is 0 Å². The third kappa shape index (κ3) is 2.43. The van der Waals surface area contributed by atoms with Crippen LogP contribution >= 0.6 is 0 Å². The van der Waals surface area contributed by atoms with Gasteiger partial charge >= 0.3 is 0 Å². The molecule has 5 heteroatoms. The number of nitrogens with two attached hydrogens (primary N) is 1. The van der Waals surface area contributed by atoms with E-state index in [1.807, 2.05) is 0 Å². The van der Waals surface area contributed by atoms with Gasteiger partial charge < -0.3 is 10.8 Å². The van der Waals surface area contributed by atoms with Crippen molar-refractivity contribution in [3.63, 3.8) is 0 Å². The van der Waals surface area contributed by atoms with E-state index in [1.165, 1.54) is 24.3 Å². The highest BCUT2D eigenvalue weighted by Crippen LogP contribution is 2.16. The predicted molar refractivity (Wildman–Crippen MR) is 49.2 cm³/mol. The smallest absolute Gasteiger partial charge is 0.179 e. The van der Waals surface area contributed by atoms with Crippen LogP contribution in [0.5, 0.6) is 5.75 Å². The molecule has 72 valence electrons. The lowest BCUT2D eigenvalue weighted by Gasteiger charge is -2.02. The van der Waals surface area contributed by atoms with E-state index in [1.54, 1.807) is 0 Å². The maximum Gasteiger partial charge on any atom is 0.179 e. The van der Waals surface area contributed by atoms with Crippen LogP contribution in [-0.4, -0.2) is 25.8 Å². The number of phenols is 1. The molecule has 0 fully saturated rings. The van der Waals surface area contributed by atoms with Crippen molar-refractivity contribution in [2.45, 2.75) is 4.90 Å². The fourth-order valence-electron chi connectivity index (χ4n) is 0.950. The number of phenolic OH excluding ortho intramolecular Hbond substituents is 1. The van der Waals surface area contributed by atoms with Gasteiger partial charge in [0.1, 0.15) is 5.75 Å². The van der Waals surface area contributed by atoms with Gasteiger partial charge in [0.25, 0.3) is 0 Å². The van der Waals surface area contributed by atoms with Crippen molar-refractivity contribution in [2.24, 2.45) is 5.73 Å². The quantitative estimate of drug-likeness (QED) is 0.728. The first kappa shape index (κ1) is 10.0. The normalized spacial score (nSPS) is 11.5. The summed E-state index contributed by atoms with van der Waals surface area (Å²) in [6.45, 7) is 0.0813. The second-order valence-electron chi connectivity index (χ2n) is 2.60. The lowest BCUT2D eigenvalue weighted by molar-refractivity contribution is 0.473. The fourth-order valence-corrected chi connectivity index (χ4v) is 2.08. The van der Waals surface area contributed by atoms with Crippen molar-refractivity contribution in [2.75, 3.05) is 12.3 Å². The highest BCUT2D eigenvalue weighted by atomic mass is 32.2. The molecule has 0 aromatic heterocycles. The Balaban J connectivity index is 3.08. The van der Waals surface area contributed by atoms with Crippen LogP contribution in [0.25, 0.3) is 0 Å². The molecule has 0 bridgehead atoms. The number of aromatic hydroxyl groups is 1. The molecule has 0 heterocycles. The molecule has 0 saturated carbocycles. The van der Waals surface area contributed by atoms with E-state index in [4.69, 9.17) is 10.8 Å². The van der Waals surface area contributed by atoms with E-state index in [2.05, 4.69) is 0 Å². The highest BCUT2D eigenvalue weighted by Gasteiger charge is 2.12. The Bertz CT molecular complexity index is 386. The minimum absolute atomic E-state index is 0.0573. The molecule has 0 radical (unpaired) electrons. The number of hydrogen-bond donors (Lipinski definition) is 2. The van der Waals surface area contributed by atoms with Gasteiger partial charge in [-0.3, -0.25) is 0 Å². The molecule has 0 aliphatic carbocycles. The molecule has 13 heavy (non-hydrogen) atoms. The van der Waals surface area contributed by atoms with Crippen molar-refractivity contribution in [3.8, 4) is 5.75 Å². The predicted octanol–water partition coefficient (Wildman–Crippen LogP) is 0.125. The standard InChI is InChI=1S/C8H11NO3S/c9-4-5-13(11,12)8-3-1-2-7(10)6-8/h1-3,6,10H,4-5,9H2. The van der Waals surface area contributed by atoms with Crippen molar-refractivity contribution < 1.29 is 13.5 Å². The van der Waals surface area contributed by atoms with E-state index >= 15 is 0 Å². The van der Waals surface area contributed by atoms with E-state index in [9.17, 15) is 8.42 Å². The molecule has 0 atom stereocenters. The molecular weight excluding hydrogens is 190 g/mol. The Morgan fingerprint density at radius 1 is 1.38 bits per heavy atom. The van der Waals surface area contributed by atoms with Crippen LogP contribution in [0.1, 0.15) is 0 Å². The van der Waals surface area contributed by atoms with Gasteiger partial charge in [0.05, 0.1) is 10.6 Å². The molecule has 1 aromatic rings. The van der Waals surface area contributed by atoms with Gasteiger partial charge in [0, 0.05) is 6.54 Å². The van der Waals surface area contributed by atoms with E-state index < -0.39 is 9.84 Å². The molecule has 1 aromatic carbocycles. The van der Waals surface area contributed by atoms with Gasteiger partial charge in [-0.2, -0.15) is 0 Å². The third-order valence-electron chi connectivity index (χ3n) is 1.56. The molecule has 0 spiro atoms. The average Bonchev–Trinajstić information content (AvgIpc) is 2.04. The summed E-state index contributed by atoms with van der Waals surface area (Å²) in [4.78, 5) is 0.109. The highest BCUT2D eigenvalue weighted by molar-refractivity contribution is 7.91. The van der Waals surface area contributed by atoms with Crippen molar-refractivity contribution in [1.82, 2.24) is 0 Å². The Labute approximate surface area is 76.9 Å². The summed E-state index contributed by atoms with van der Waals surface area (Å²) < 4.78 is 22.8. The Kier molecular flexibility index (Phi) is 2.90. The number of benzene rings is 1. The van der Waals surface area contributed by atoms with Crippen LogP contribution in [-0.2, 0) is 9.84 Å². The van der Waals surface area contributed by atoms with Gasteiger partial charge in [0.15, 0.2) is 9.84 Å².